The molecule has 3 aromatic heterocycles. The van der Waals surface area contributed by atoms with Crippen LogP contribution >= 0.6 is 0 Å². The Morgan fingerprint density at radius 1 is 0.973 bits per heavy atom. The van der Waals surface area contributed by atoms with E-state index in [1.165, 1.54) is 6.92 Å². The monoisotopic (exact) mass is 508 g/mol. The average Bonchev–Trinajstić information content (AvgIpc) is 2.90. The van der Waals surface area contributed by atoms with Crippen molar-refractivity contribution in [3.8, 4) is 22.5 Å². The molecule has 0 aliphatic heterocycles. The van der Waals surface area contributed by atoms with Crippen LogP contribution in [0, 0.1) is 6.92 Å². The summed E-state index contributed by atoms with van der Waals surface area (Å²) in [5, 5.41) is 5.58. The highest BCUT2D eigenvalue weighted by Crippen LogP contribution is 2.30. The number of alkyl halides is 3. The van der Waals surface area contributed by atoms with Gasteiger partial charge >= 0.3 is 6.18 Å². The van der Waals surface area contributed by atoms with Gasteiger partial charge in [0.2, 0.25) is 0 Å². The molecule has 11 heteroatoms. The van der Waals surface area contributed by atoms with Crippen molar-refractivity contribution < 1.29 is 22.8 Å². The van der Waals surface area contributed by atoms with Crippen molar-refractivity contribution in [2.75, 3.05) is 17.7 Å². The average molecular weight is 509 g/mol. The van der Waals surface area contributed by atoms with E-state index in [2.05, 4.69) is 25.6 Å². The number of amides is 1. The number of nitrogens with one attached hydrogen (secondary N) is 2. The second-order valence-corrected chi connectivity index (χ2v) is 7.62. The van der Waals surface area contributed by atoms with Crippen molar-refractivity contribution in [2.45, 2.75) is 20.0 Å². The zero-order chi connectivity index (χ0) is 27.0. The molecule has 0 bridgehead atoms. The Hall–Kier alpha value is -4.67. The summed E-state index contributed by atoms with van der Waals surface area (Å²) in [7, 11) is 1.77. The molecule has 2 N–H and O–H groups in total. The maximum Gasteiger partial charge on any atom is 0.416 e. The molecule has 3 heterocycles. The second kappa shape index (κ2) is 11.8. The molecule has 8 nitrogen and oxygen atoms in total. The number of carbonyl (C=O) groups is 2. The molecular weight excluding hydrogens is 485 g/mol. The lowest BCUT2D eigenvalue weighted by Crippen LogP contribution is -2.15. The van der Waals surface area contributed by atoms with Gasteiger partial charge < -0.3 is 15.4 Å². The number of aromatic nitrogens is 4. The number of pyridine rings is 2. The molecule has 0 spiro atoms. The van der Waals surface area contributed by atoms with Gasteiger partial charge in [0.15, 0.2) is 0 Å². The molecule has 0 unspecified atom stereocenters. The molecule has 0 aliphatic rings. The van der Waals surface area contributed by atoms with Gasteiger partial charge in [0.05, 0.1) is 29.3 Å². The summed E-state index contributed by atoms with van der Waals surface area (Å²) >= 11 is 0. The molecule has 0 atom stereocenters. The van der Waals surface area contributed by atoms with Gasteiger partial charge in [0.1, 0.15) is 17.8 Å². The topological polar surface area (TPSA) is 110 Å². The number of nitrogens with zero attached hydrogens (tertiary/aromatic N) is 4. The summed E-state index contributed by atoms with van der Waals surface area (Å²) in [6.07, 6.45) is 2.04. The molecule has 0 aliphatic carbocycles. The fourth-order valence-electron chi connectivity index (χ4n) is 3.26. The highest BCUT2D eigenvalue weighted by atomic mass is 19.4. The number of carbonyl (C=O) groups excluding carboxylic acids is 2. The minimum Gasteiger partial charge on any atom is -0.373 e. The summed E-state index contributed by atoms with van der Waals surface area (Å²) in [5.74, 6) is -0.0640. The molecule has 0 saturated carbocycles. The molecule has 37 heavy (non-hydrogen) atoms. The first-order valence-corrected chi connectivity index (χ1v) is 11.0. The van der Waals surface area contributed by atoms with Crippen molar-refractivity contribution in [2.24, 2.45) is 0 Å². The smallest absolute Gasteiger partial charge is 0.373 e. The van der Waals surface area contributed by atoms with Crippen LogP contribution in [0.15, 0.2) is 67.3 Å². The van der Waals surface area contributed by atoms with E-state index >= 15 is 0 Å². The van der Waals surface area contributed by atoms with Gasteiger partial charge in [-0.15, -0.1) is 0 Å². The number of aldehydes is 1. The lowest BCUT2D eigenvalue weighted by molar-refractivity contribution is -0.137. The van der Waals surface area contributed by atoms with E-state index in [-0.39, 0.29) is 5.69 Å². The Labute approximate surface area is 211 Å². The summed E-state index contributed by atoms with van der Waals surface area (Å²) in [4.78, 5) is 38.3. The third kappa shape index (κ3) is 6.94. The number of benzene rings is 1. The van der Waals surface area contributed by atoms with Crippen LogP contribution in [-0.2, 0) is 11.0 Å². The van der Waals surface area contributed by atoms with E-state index in [9.17, 15) is 18.0 Å². The SMILES string of the molecule is CC=O.CNc1cc(-c2cncc(-c3cc(NC(=O)c4cc(C(F)(F)F)ccn4)ccc3C)n2)ccn1. The molecule has 1 aromatic carbocycles. The summed E-state index contributed by atoms with van der Waals surface area (Å²) in [5.41, 5.74) is 2.74. The van der Waals surface area contributed by atoms with E-state index in [0.29, 0.717) is 34.5 Å². The minimum absolute atomic E-state index is 0.336. The number of anilines is 2. The number of rotatable bonds is 5. The van der Waals surface area contributed by atoms with Crippen LogP contribution in [-0.4, -0.2) is 39.2 Å². The number of aryl methyl sites for hydroxylation is 1. The lowest BCUT2D eigenvalue weighted by atomic mass is 10.0. The van der Waals surface area contributed by atoms with E-state index < -0.39 is 17.6 Å². The van der Waals surface area contributed by atoms with Crippen LogP contribution in [0.1, 0.15) is 28.5 Å². The Balaban J connectivity index is 0.00000121. The quantitative estimate of drug-likeness (QED) is 0.346. The first kappa shape index (κ1) is 26.9. The van der Waals surface area contributed by atoms with E-state index in [0.717, 1.165) is 29.7 Å². The van der Waals surface area contributed by atoms with Gasteiger partial charge in [-0.1, -0.05) is 6.07 Å². The van der Waals surface area contributed by atoms with E-state index in [4.69, 9.17) is 9.78 Å². The Morgan fingerprint density at radius 2 is 1.68 bits per heavy atom. The van der Waals surface area contributed by atoms with Crippen LogP contribution in [0.2, 0.25) is 0 Å². The highest BCUT2D eigenvalue weighted by Gasteiger charge is 2.31. The van der Waals surface area contributed by atoms with Gasteiger partial charge in [0.25, 0.3) is 5.91 Å². The molecule has 0 radical (unpaired) electrons. The van der Waals surface area contributed by atoms with Crippen molar-refractivity contribution in [1.29, 1.82) is 0 Å². The predicted octanol–water partition coefficient (Wildman–Crippen LogP) is 5.43. The van der Waals surface area contributed by atoms with Crippen molar-refractivity contribution in [3.63, 3.8) is 0 Å². The molecule has 1 amide bonds. The van der Waals surface area contributed by atoms with Gasteiger partial charge in [-0.05, 0) is 55.8 Å². The molecule has 0 saturated heterocycles. The van der Waals surface area contributed by atoms with E-state index in [1.807, 2.05) is 19.1 Å². The Kier molecular flexibility index (Phi) is 8.62. The summed E-state index contributed by atoms with van der Waals surface area (Å²) in [6, 6.07) is 10.3. The maximum atomic E-state index is 13.0. The molecule has 4 aromatic rings. The Bertz CT molecular complexity index is 1410. The standard InChI is InChI=1S/C24H19F3N6O.C2H4O/c1-14-3-4-17(32-23(34)19-10-16(6-8-30-19)24(25,26)27)11-18(14)21-13-29-12-20(33-21)15-5-7-31-22(9-15)28-2;1-2-3/h3-13H,1-2H3,(H,28,31)(H,32,34);2H,1H3. The Morgan fingerprint density at radius 3 is 2.38 bits per heavy atom. The van der Waals surface area contributed by atoms with Crippen molar-refractivity contribution in [1.82, 2.24) is 19.9 Å². The maximum absolute atomic E-state index is 13.0. The highest BCUT2D eigenvalue weighted by molar-refractivity contribution is 6.03. The molecule has 190 valence electrons. The van der Waals surface area contributed by atoms with Crippen LogP contribution in [0.25, 0.3) is 22.5 Å². The fraction of sp³-hybridized carbons (Fsp3) is 0.154. The van der Waals surface area contributed by atoms with Crippen LogP contribution in [0.3, 0.4) is 0 Å². The third-order valence-corrected chi connectivity index (χ3v) is 5.04. The zero-order valence-electron chi connectivity index (χ0n) is 20.2. The number of hydrogen-bond acceptors (Lipinski definition) is 7. The summed E-state index contributed by atoms with van der Waals surface area (Å²) in [6.45, 7) is 3.33. The van der Waals surface area contributed by atoms with Crippen LogP contribution < -0.4 is 10.6 Å². The van der Waals surface area contributed by atoms with Crippen LogP contribution in [0.5, 0.6) is 0 Å². The third-order valence-electron chi connectivity index (χ3n) is 5.04. The van der Waals surface area contributed by atoms with Gasteiger partial charge in [0, 0.05) is 36.3 Å². The predicted molar refractivity (Wildman–Crippen MR) is 134 cm³/mol. The molecular formula is C26H23F3N6O2. The van der Waals surface area contributed by atoms with Crippen LogP contribution in [0.4, 0.5) is 24.7 Å². The van der Waals surface area contributed by atoms with Gasteiger partial charge in [-0.2, -0.15) is 13.2 Å². The number of hydrogen-bond donors (Lipinski definition) is 2. The fourth-order valence-corrected chi connectivity index (χ4v) is 3.26. The largest absolute Gasteiger partial charge is 0.416 e. The van der Waals surface area contributed by atoms with Crippen molar-refractivity contribution >= 4 is 23.7 Å². The summed E-state index contributed by atoms with van der Waals surface area (Å²) < 4.78 is 38.9. The first-order valence-electron chi connectivity index (χ1n) is 11.0. The normalized spacial score (nSPS) is 10.6. The van der Waals surface area contributed by atoms with E-state index in [1.54, 1.807) is 43.8 Å². The lowest BCUT2D eigenvalue weighted by Gasteiger charge is -2.12. The first-order chi connectivity index (χ1) is 17.7. The van der Waals surface area contributed by atoms with Crippen molar-refractivity contribution in [3.05, 3.63) is 84.1 Å². The zero-order valence-corrected chi connectivity index (χ0v) is 20.2. The van der Waals surface area contributed by atoms with Gasteiger partial charge in [-0.3, -0.25) is 14.8 Å². The number of halogens is 3. The minimum atomic E-state index is -4.57. The molecule has 0 fully saturated rings. The second-order valence-electron chi connectivity index (χ2n) is 7.62. The molecule has 4 rings (SSSR count). The van der Waals surface area contributed by atoms with Gasteiger partial charge in [-0.25, -0.2) is 9.97 Å².